The van der Waals surface area contributed by atoms with Crippen molar-refractivity contribution in [1.82, 2.24) is 0 Å². The van der Waals surface area contributed by atoms with E-state index in [2.05, 4.69) is 13.2 Å². The molecule has 0 saturated heterocycles. The van der Waals surface area contributed by atoms with Crippen molar-refractivity contribution in [1.29, 1.82) is 0 Å². The fraction of sp³-hybridized carbons (Fsp3) is 0.0952. The highest BCUT2D eigenvalue weighted by molar-refractivity contribution is 6.09. The Balaban J connectivity index is 2.08. The zero-order valence-corrected chi connectivity index (χ0v) is 14.1. The second-order valence-electron chi connectivity index (χ2n) is 5.26. The molecule has 132 valence electrons. The highest BCUT2D eigenvalue weighted by Gasteiger charge is 2.13. The van der Waals surface area contributed by atoms with Gasteiger partial charge in [0.25, 0.3) is 0 Å². The summed E-state index contributed by atoms with van der Waals surface area (Å²) in [5.74, 6) is -1.18. The summed E-state index contributed by atoms with van der Waals surface area (Å²) in [6.07, 6.45) is 2.96. The summed E-state index contributed by atoms with van der Waals surface area (Å²) in [6.45, 7) is 7.20. The molecule has 0 aromatic heterocycles. The normalized spacial score (nSPS) is 9.85. The van der Waals surface area contributed by atoms with E-state index in [0.717, 1.165) is 0 Å². The first-order valence-electron chi connectivity index (χ1n) is 7.87. The molecule has 26 heavy (non-hydrogen) atoms. The van der Waals surface area contributed by atoms with Crippen LogP contribution in [-0.2, 0) is 9.47 Å². The van der Waals surface area contributed by atoms with E-state index in [1.54, 1.807) is 24.3 Å². The fourth-order valence-electron chi connectivity index (χ4n) is 2.12. The predicted molar refractivity (Wildman–Crippen MR) is 97.3 cm³/mol. The highest BCUT2D eigenvalue weighted by atomic mass is 16.5. The van der Waals surface area contributed by atoms with Crippen molar-refractivity contribution in [2.24, 2.45) is 0 Å². The minimum absolute atomic E-state index is 0.126. The molecule has 0 amide bonds. The van der Waals surface area contributed by atoms with Crippen LogP contribution in [0.5, 0.6) is 0 Å². The molecule has 0 fully saturated rings. The summed E-state index contributed by atoms with van der Waals surface area (Å²) < 4.78 is 9.87. The van der Waals surface area contributed by atoms with Crippen molar-refractivity contribution in [2.45, 2.75) is 0 Å². The van der Waals surface area contributed by atoms with Crippen LogP contribution in [0.3, 0.4) is 0 Å². The molecule has 0 radical (unpaired) electrons. The van der Waals surface area contributed by atoms with E-state index in [0.29, 0.717) is 22.3 Å². The van der Waals surface area contributed by atoms with Crippen molar-refractivity contribution in [3.63, 3.8) is 0 Å². The van der Waals surface area contributed by atoms with E-state index in [1.807, 2.05) is 0 Å². The zero-order valence-electron chi connectivity index (χ0n) is 14.1. The summed E-state index contributed by atoms with van der Waals surface area (Å²) in [5.41, 5.74) is 1.55. The molecule has 2 rings (SSSR count). The van der Waals surface area contributed by atoms with Crippen LogP contribution in [0.2, 0.25) is 0 Å². The second kappa shape index (κ2) is 9.13. The molecule has 2 aromatic carbocycles. The van der Waals surface area contributed by atoms with Gasteiger partial charge in [0.1, 0.15) is 13.2 Å². The standard InChI is InChI=1S/C21H18O5/c1-3-13-25-20(23)17-9-5-15(6-10-17)19(22)16-7-11-18(12-8-16)21(24)26-14-4-2/h3-12H,1-2,13-14H2. The molecule has 0 aliphatic carbocycles. The fourth-order valence-corrected chi connectivity index (χ4v) is 2.12. The Labute approximate surface area is 151 Å². The van der Waals surface area contributed by atoms with E-state index in [4.69, 9.17) is 9.47 Å². The zero-order chi connectivity index (χ0) is 18.9. The van der Waals surface area contributed by atoms with Gasteiger partial charge in [-0.3, -0.25) is 4.79 Å². The third-order valence-electron chi connectivity index (χ3n) is 3.43. The Morgan fingerprint density at radius 3 is 1.27 bits per heavy atom. The number of esters is 2. The van der Waals surface area contributed by atoms with Gasteiger partial charge < -0.3 is 9.47 Å². The minimum atomic E-state index is -0.480. The van der Waals surface area contributed by atoms with Crippen LogP contribution in [0.4, 0.5) is 0 Å². The average molecular weight is 350 g/mol. The Kier molecular flexibility index (Phi) is 6.62. The van der Waals surface area contributed by atoms with Crippen molar-refractivity contribution < 1.29 is 23.9 Å². The highest BCUT2D eigenvalue weighted by Crippen LogP contribution is 2.14. The van der Waals surface area contributed by atoms with Crippen molar-refractivity contribution in [3.05, 3.63) is 96.1 Å². The average Bonchev–Trinajstić information content (AvgIpc) is 2.69. The van der Waals surface area contributed by atoms with E-state index in [-0.39, 0.29) is 19.0 Å². The Morgan fingerprint density at radius 1 is 0.654 bits per heavy atom. The number of hydrogen-bond donors (Lipinski definition) is 0. The maximum atomic E-state index is 12.5. The van der Waals surface area contributed by atoms with Crippen LogP contribution in [0, 0.1) is 0 Å². The Bertz CT molecular complexity index is 747. The first-order chi connectivity index (χ1) is 12.6. The SMILES string of the molecule is C=CCOC(=O)c1ccc(C(=O)c2ccc(C(=O)OCC=C)cc2)cc1. The molecule has 0 heterocycles. The van der Waals surface area contributed by atoms with Gasteiger partial charge in [0.05, 0.1) is 11.1 Å². The number of ether oxygens (including phenoxy) is 2. The molecule has 0 unspecified atom stereocenters. The summed E-state index contributed by atoms with van der Waals surface area (Å²) in [5, 5.41) is 0. The third kappa shape index (κ3) is 4.77. The molecule has 0 atom stereocenters. The number of carbonyl (C=O) groups is 3. The number of hydrogen-bond acceptors (Lipinski definition) is 5. The van der Waals surface area contributed by atoms with Crippen molar-refractivity contribution >= 4 is 17.7 Å². The lowest BCUT2D eigenvalue weighted by atomic mass is 10.0. The van der Waals surface area contributed by atoms with Gasteiger partial charge in [0.15, 0.2) is 5.78 Å². The van der Waals surface area contributed by atoms with Gasteiger partial charge in [0.2, 0.25) is 0 Å². The van der Waals surface area contributed by atoms with E-state index < -0.39 is 11.9 Å². The van der Waals surface area contributed by atoms with Crippen LogP contribution in [-0.4, -0.2) is 30.9 Å². The third-order valence-corrected chi connectivity index (χ3v) is 3.43. The monoisotopic (exact) mass is 350 g/mol. The van der Waals surface area contributed by atoms with Gasteiger partial charge in [-0.2, -0.15) is 0 Å². The number of rotatable bonds is 8. The van der Waals surface area contributed by atoms with Crippen LogP contribution in [0.15, 0.2) is 73.8 Å². The van der Waals surface area contributed by atoms with E-state index in [1.165, 1.54) is 36.4 Å². The first-order valence-corrected chi connectivity index (χ1v) is 7.87. The molecule has 0 bridgehead atoms. The summed E-state index contributed by atoms with van der Waals surface area (Å²) in [6, 6.07) is 12.3. The molecule has 0 spiro atoms. The maximum Gasteiger partial charge on any atom is 0.338 e. The van der Waals surface area contributed by atoms with Crippen molar-refractivity contribution in [3.8, 4) is 0 Å². The van der Waals surface area contributed by atoms with Gasteiger partial charge in [-0.1, -0.05) is 49.6 Å². The lowest BCUT2D eigenvalue weighted by Crippen LogP contribution is -2.07. The molecular weight excluding hydrogens is 332 g/mol. The van der Waals surface area contributed by atoms with Gasteiger partial charge in [-0.15, -0.1) is 0 Å². The van der Waals surface area contributed by atoms with E-state index >= 15 is 0 Å². The van der Waals surface area contributed by atoms with Gasteiger partial charge in [-0.05, 0) is 24.3 Å². The Morgan fingerprint density at radius 2 is 0.962 bits per heavy atom. The number of ketones is 1. The number of carbonyl (C=O) groups excluding carboxylic acids is 3. The molecule has 0 saturated carbocycles. The lowest BCUT2D eigenvalue weighted by molar-refractivity contribution is 0.0540. The summed E-state index contributed by atoms with van der Waals surface area (Å²) in [7, 11) is 0. The number of benzene rings is 2. The van der Waals surface area contributed by atoms with Crippen molar-refractivity contribution in [2.75, 3.05) is 13.2 Å². The summed E-state index contributed by atoms with van der Waals surface area (Å²) in [4.78, 5) is 35.9. The van der Waals surface area contributed by atoms with Crippen LogP contribution in [0.1, 0.15) is 36.6 Å². The van der Waals surface area contributed by atoms with E-state index in [9.17, 15) is 14.4 Å². The smallest absolute Gasteiger partial charge is 0.338 e. The molecule has 5 nitrogen and oxygen atoms in total. The molecule has 5 heteroatoms. The van der Waals surface area contributed by atoms with Crippen LogP contribution >= 0.6 is 0 Å². The lowest BCUT2D eigenvalue weighted by Gasteiger charge is -2.05. The van der Waals surface area contributed by atoms with Gasteiger partial charge in [-0.25, -0.2) is 9.59 Å². The molecular formula is C21H18O5. The molecule has 0 aliphatic heterocycles. The minimum Gasteiger partial charge on any atom is -0.458 e. The topological polar surface area (TPSA) is 69.7 Å². The van der Waals surface area contributed by atoms with Gasteiger partial charge in [0, 0.05) is 11.1 Å². The van der Waals surface area contributed by atoms with Crippen LogP contribution in [0.25, 0.3) is 0 Å². The Hall–Kier alpha value is -3.47. The molecule has 2 aromatic rings. The quantitative estimate of drug-likeness (QED) is 0.413. The largest absolute Gasteiger partial charge is 0.458 e. The van der Waals surface area contributed by atoms with Crippen LogP contribution < -0.4 is 0 Å². The molecule has 0 N–H and O–H groups in total. The molecule has 0 aliphatic rings. The van der Waals surface area contributed by atoms with Gasteiger partial charge >= 0.3 is 11.9 Å². The first kappa shape index (κ1) is 18.9. The summed E-state index contributed by atoms with van der Waals surface area (Å²) >= 11 is 0. The second-order valence-corrected chi connectivity index (χ2v) is 5.26. The predicted octanol–water partition coefficient (Wildman–Crippen LogP) is 3.60. The maximum absolute atomic E-state index is 12.5.